The van der Waals surface area contributed by atoms with Crippen molar-refractivity contribution in [2.45, 2.75) is 6.92 Å². The summed E-state index contributed by atoms with van der Waals surface area (Å²) in [6.07, 6.45) is 3.26. The first kappa shape index (κ1) is 15.2. The van der Waals surface area contributed by atoms with Gasteiger partial charge in [0.2, 0.25) is 0 Å². The van der Waals surface area contributed by atoms with E-state index in [9.17, 15) is 4.79 Å². The number of hydrogen-bond donors (Lipinski definition) is 1. The maximum Gasteiger partial charge on any atom is 0.292 e. The van der Waals surface area contributed by atoms with Gasteiger partial charge in [0.25, 0.3) is 6.47 Å². The number of aromatic amines is 1. The quantitative estimate of drug-likeness (QED) is 0.531. The fourth-order valence-corrected chi connectivity index (χ4v) is 1.93. The summed E-state index contributed by atoms with van der Waals surface area (Å²) >= 11 is 3.31. The van der Waals surface area contributed by atoms with Crippen molar-refractivity contribution < 1.29 is 19.1 Å². The average molecular weight is 329 g/mol. The van der Waals surface area contributed by atoms with Gasteiger partial charge >= 0.3 is 0 Å². The molecule has 6 nitrogen and oxygen atoms in total. The van der Waals surface area contributed by atoms with Gasteiger partial charge in [0, 0.05) is 11.8 Å². The van der Waals surface area contributed by atoms with E-state index in [0.717, 1.165) is 10.9 Å². The molecule has 0 aromatic carbocycles. The molecule has 102 valence electrons. The van der Waals surface area contributed by atoms with Crippen molar-refractivity contribution in [1.82, 2.24) is 9.97 Å². The van der Waals surface area contributed by atoms with Crippen LogP contribution in [-0.2, 0) is 9.53 Å². The van der Waals surface area contributed by atoms with Crippen molar-refractivity contribution in [3.05, 3.63) is 22.6 Å². The molecule has 0 aliphatic rings. The molecule has 1 N–H and O–H groups in total. The number of halogens is 1. The van der Waals surface area contributed by atoms with Crippen molar-refractivity contribution in [1.29, 1.82) is 0 Å². The van der Waals surface area contributed by atoms with Gasteiger partial charge < -0.3 is 14.5 Å². The molecule has 2 rings (SSSR count). The summed E-state index contributed by atoms with van der Waals surface area (Å²) in [7, 11) is 2.87. The van der Waals surface area contributed by atoms with E-state index in [-0.39, 0.29) is 5.78 Å². The van der Waals surface area contributed by atoms with E-state index in [1.54, 1.807) is 19.5 Å². The summed E-state index contributed by atoms with van der Waals surface area (Å²) in [4.78, 5) is 27.4. The number of ketones is 1. The zero-order valence-corrected chi connectivity index (χ0v) is 12.3. The Morgan fingerprint density at radius 3 is 2.58 bits per heavy atom. The molecule has 0 aliphatic heterocycles. The molecule has 0 radical (unpaired) electrons. The van der Waals surface area contributed by atoms with Crippen LogP contribution in [0.1, 0.15) is 17.3 Å². The molecule has 19 heavy (non-hydrogen) atoms. The van der Waals surface area contributed by atoms with Crippen LogP contribution in [-0.4, -0.2) is 36.4 Å². The zero-order valence-electron chi connectivity index (χ0n) is 10.7. The minimum atomic E-state index is -0.00218. The fourth-order valence-electron chi connectivity index (χ4n) is 1.52. The number of rotatable bonds is 3. The maximum atomic E-state index is 11.4. The van der Waals surface area contributed by atoms with Crippen LogP contribution in [0.4, 0.5) is 0 Å². The van der Waals surface area contributed by atoms with Gasteiger partial charge in [-0.05, 0) is 22.9 Å². The molecule has 2 aromatic heterocycles. The molecule has 0 amide bonds. The molecule has 7 heteroatoms. The number of ether oxygens (including phenoxy) is 2. The SMILES string of the molecule is COC=O.COc1cnc(Br)c2[nH]cc(C(C)=O)c12. The third-order valence-corrected chi connectivity index (χ3v) is 2.92. The van der Waals surface area contributed by atoms with Crippen LogP contribution in [0.5, 0.6) is 5.75 Å². The lowest BCUT2D eigenvalue weighted by Gasteiger charge is -2.03. The Kier molecular flexibility index (Phi) is 5.50. The summed E-state index contributed by atoms with van der Waals surface area (Å²) in [6.45, 7) is 1.90. The topological polar surface area (TPSA) is 81.3 Å². The second kappa shape index (κ2) is 6.89. The zero-order chi connectivity index (χ0) is 14.4. The Morgan fingerprint density at radius 2 is 2.11 bits per heavy atom. The number of carbonyl (C=O) groups is 2. The van der Waals surface area contributed by atoms with Crippen LogP contribution in [0.15, 0.2) is 17.0 Å². The first-order valence-corrected chi connectivity index (χ1v) is 6.03. The summed E-state index contributed by atoms with van der Waals surface area (Å²) in [5, 5.41) is 0.770. The molecule has 0 unspecified atom stereocenters. The third-order valence-electron chi connectivity index (χ3n) is 2.32. The number of H-pyrrole nitrogens is 1. The van der Waals surface area contributed by atoms with Crippen molar-refractivity contribution >= 4 is 39.1 Å². The van der Waals surface area contributed by atoms with Crippen LogP contribution in [0.2, 0.25) is 0 Å². The van der Waals surface area contributed by atoms with E-state index in [4.69, 9.17) is 9.53 Å². The summed E-state index contributed by atoms with van der Waals surface area (Å²) < 4.78 is 9.71. The average Bonchev–Trinajstić information content (AvgIpc) is 2.85. The number of Topliss-reactive ketones (excluding diaryl/α,β-unsaturated/α-hetero) is 1. The molecular weight excluding hydrogens is 316 g/mol. The summed E-state index contributed by atoms with van der Waals surface area (Å²) in [5.74, 6) is 0.595. The molecule has 0 saturated heterocycles. The van der Waals surface area contributed by atoms with Gasteiger partial charge in [-0.3, -0.25) is 9.59 Å². The lowest BCUT2D eigenvalue weighted by molar-refractivity contribution is -0.126. The molecule has 0 spiro atoms. The highest BCUT2D eigenvalue weighted by molar-refractivity contribution is 9.10. The monoisotopic (exact) mass is 328 g/mol. The van der Waals surface area contributed by atoms with Gasteiger partial charge in [0.05, 0.1) is 31.3 Å². The number of nitrogens with zero attached hydrogens (tertiary/aromatic N) is 1. The number of fused-ring (bicyclic) bond motifs is 1. The van der Waals surface area contributed by atoms with Crippen LogP contribution in [0, 0.1) is 0 Å². The van der Waals surface area contributed by atoms with E-state index < -0.39 is 0 Å². The Hall–Kier alpha value is -1.89. The largest absolute Gasteiger partial charge is 0.494 e. The minimum Gasteiger partial charge on any atom is -0.494 e. The van der Waals surface area contributed by atoms with Gasteiger partial charge in [-0.25, -0.2) is 4.98 Å². The molecule has 2 heterocycles. The van der Waals surface area contributed by atoms with Crippen LogP contribution >= 0.6 is 15.9 Å². The first-order chi connectivity index (χ1) is 9.06. The standard InChI is InChI=1S/C10H9BrN2O2.C2H4O2/c1-5(14)6-3-12-9-8(6)7(15-2)4-13-10(9)11;1-4-2-3/h3-4,12H,1-2H3;2H,1H3. The Morgan fingerprint density at radius 1 is 1.47 bits per heavy atom. The molecule has 0 saturated carbocycles. The number of nitrogens with one attached hydrogen (secondary N) is 1. The van der Waals surface area contributed by atoms with E-state index >= 15 is 0 Å². The van der Waals surface area contributed by atoms with Gasteiger partial charge in [-0.15, -0.1) is 0 Å². The van der Waals surface area contributed by atoms with E-state index in [1.807, 2.05) is 0 Å². The second-order valence-electron chi connectivity index (χ2n) is 3.46. The first-order valence-electron chi connectivity index (χ1n) is 5.23. The Balaban J connectivity index is 0.000000399. The predicted molar refractivity (Wildman–Crippen MR) is 73.4 cm³/mol. The van der Waals surface area contributed by atoms with E-state index in [2.05, 4.69) is 30.6 Å². The molecule has 2 aromatic rings. The van der Waals surface area contributed by atoms with Crippen molar-refractivity contribution in [3.63, 3.8) is 0 Å². The second-order valence-corrected chi connectivity index (χ2v) is 4.21. The van der Waals surface area contributed by atoms with Gasteiger partial charge in [-0.2, -0.15) is 0 Å². The number of hydrogen-bond acceptors (Lipinski definition) is 5. The highest BCUT2D eigenvalue weighted by Gasteiger charge is 2.15. The molecular formula is C12H13BrN2O4. The molecule has 0 fully saturated rings. The highest BCUT2D eigenvalue weighted by atomic mass is 79.9. The Labute approximate surface area is 118 Å². The van der Waals surface area contributed by atoms with Crippen molar-refractivity contribution in [2.24, 2.45) is 0 Å². The van der Waals surface area contributed by atoms with Crippen molar-refractivity contribution in [3.8, 4) is 5.75 Å². The normalized spacial score (nSPS) is 9.47. The smallest absolute Gasteiger partial charge is 0.292 e. The van der Waals surface area contributed by atoms with Crippen LogP contribution in [0.25, 0.3) is 10.9 Å². The Bertz CT molecular complexity index is 595. The third kappa shape index (κ3) is 3.31. The summed E-state index contributed by atoms with van der Waals surface area (Å²) in [6, 6.07) is 0. The number of carbonyl (C=O) groups excluding carboxylic acids is 2. The number of aromatic nitrogens is 2. The van der Waals surface area contributed by atoms with Gasteiger partial charge in [0.1, 0.15) is 10.4 Å². The number of methoxy groups -OCH3 is 2. The van der Waals surface area contributed by atoms with E-state index in [1.165, 1.54) is 14.0 Å². The highest BCUT2D eigenvalue weighted by Crippen LogP contribution is 2.31. The summed E-state index contributed by atoms with van der Waals surface area (Å²) in [5.41, 5.74) is 1.39. The lowest BCUT2D eigenvalue weighted by atomic mass is 10.1. The number of pyridine rings is 1. The minimum absolute atomic E-state index is 0.00218. The maximum absolute atomic E-state index is 11.4. The van der Waals surface area contributed by atoms with E-state index in [0.29, 0.717) is 22.4 Å². The van der Waals surface area contributed by atoms with Gasteiger partial charge in [-0.1, -0.05) is 0 Å². The van der Waals surface area contributed by atoms with Crippen LogP contribution in [0.3, 0.4) is 0 Å². The van der Waals surface area contributed by atoms with Gasteiger partial charge in [0.15, 0.2) is 5.78 Å². The lowest BCUT2D eigenvalue weighted by Crippen LogP contribution is -1.93. The van der Waals surface area contributed by atoms with Crippen LogP contribution < -0.4 is 4.74 Å². The molecule has 0 bridgehead atoms. The fraction of sp³-hybridized carbons (Fsp3) is 0.250. The predicted octanol–water partition coefficient (Wildman–Crippen LogP) is 2.33. The molecule has 0 atom stereocenters. The van der Waals surface area contributed by atoms with Crippen molar-refractivity contribution in [2.75, 3.05) is 14.2 Å². The molecule has 0 aliphatic carbocycles.